The van der Waals surface area contributed by atoms with Crippen LogP contribution in [-0.4, -0.2) is 25.4 Å². The number of nitrogens with one attached hydrogen (secondary N) is 1. The Kier molecular flexibility index (Phi) is 4.60. The molecule has 0 aromatic heterocycles. The lowest BCUT2D eigenvalue weighted by atomic mass is 9.79. The molecular weight excluding hydrogens is 212 g/mol. The van der Waals surface area contributed by atoms with Crippen molar-refractivity contribution in [3.63, 3.8) is 0 Å². The lowest BCUT2D eigenvalue weighted by molar-refractivity contribution is 0.212. The predicted octanol–water partition coefficient (Wildman–Crippen LogP) is 3.02. The van der Waals surface area contributed by atoms with Crippen LogP contribution in [0.4, 0.5) is 0 Å². The molecule has 0 amide bonds. The fourth-order valence-corrected chi connectivity index (χ4v) is 2.97. The molecule has 0 spiro atoms. The molecule has 0 radical (unpaired) electrons. The molecule has 96 valence electrons. The molecule has 2 aliphatic rings. The van der Waals surface area contributed by atoms with Gasteiger partial charge in [-0.1, -0.05) is 17.7 Å². The molecule has 0 saturated carbocycles. The Hall–Kier alpha value is -0.830. The van der Waals surface area contributed by atoms with E-state index in [-0.39, 0.29) is 0 Å². The Bertz CT molecular complexity index is 320. The van der Waals surface area contributed by atoms with Gasteiger partial charge in [0.15, 0.2) is 0 Å². The zero-order valence-corrected chi connectivity index (χ0v) is 11.1. The van der Waals surface area contributed by atoms with Crippen molar-refractivity contribution < 1.29 is 4.84 Å². The highest BCUT2D eigenvalue weighted by molar-refractivity contribution is 6.01. The summed E-state index contributed by atoms with van der Waals surface area (Å²) in [6.07, 6.45) is 8.47. The van der Waals surface area contributed by atoms with Crippen LogP contribution in [0.3, 0.4) is 0 Å². The van der Waals surface area contributed by atoms with Crippen molar-refractivity contribution in [1.29, 1.82) is 0 Å². The van der Waals surface area contributed by atoms with Gasteiger partial charge in [-0.15, -0.1) is 0 Å². The van der Waals surface area contributed by atoms with Crippen molar-refractivity contribution in [3.8, 4) is 0 Å². The molecule has 0 heterocycles. The summed E-state index contributed by atoms with van der Waals surface area (Å²) in [5, 5.41) is 7.84. The quantitative estimate of drug-likeness (QED) is 0.761. The SMILES string of the molecule is CCCNC1CCC2=C(CCCC2=NOC)C1. The van der Waals surface area contributed by atoms with Gasteiger partial charge in [0.1, 0.15) is 7.11 Å². The first kappa shape index (κ1) is 12.6. The number of allylic oxidation sites excluding steroid dienone is 1. The smallest absolute Gasteiger partial charge is 0.106 e. The lowest BCUT2D eigenvalue weighted by Crippen LogP contribution is -2.34. The molecule has 2 aliphatic carbocycles. The summed E-state index contributed by atoms with van der Waals surface area (Å²) in [5.41, 5.74) is 4.35. The third kappa shape index (κ3) is 3.09. The maximum absolute atomic E-state index is 4.96. The lowest BCUT2D eigenvalue weighted by Gasteiger charge is -2.31. The van der Waals surface area contributed by atoms with Gasteiger partial charge in [0.2, 0.25) is 0 Å². The normalized spacial score (nSPS) is 27.2. The van der Waals surface area contributed by atoms with Crippen LogP contribution in [-0.2, 0) is 4.84 Å². The molecule has 0 saturated heterocycles. The van der Waals surface area contributed by atoms with Crippen LogP contribution in [0.5, 0.6) is 0 Å². The third-order valence-corrected chi connectivity index (χ3v) is 3.79. The average Bonchev–Trinajstić information content (AvgIpc) is 2.37. The maximum Gasteiger partial charge on any atom is 0.106 e. The summed E-state index contributed by atoms with van der Waals surface area (Å²) in [6, 6.07) is 0.690. The largest absolute Gasteiger partial charge is 0.399 e. The average molecular weight is 236 g/mol. The molecule has 0 aromatic rings. The van der Waals surface area contributed by atoms with Gasteiger partial charge in [0.25, 0.3) is 0 Å². The molecule has 0 aliphatic heterocycles. The monoisotopic (exact) mass is 236 g/mol. The summed E-state index contributed by atoms with van der Waals surface area (Å²) < 4.78 is 0. The van der Waals surface area contributed by atoms with Crippen LogP contribution < -0.4 is 5.32 Å². The van der Waals surface area contributed by atoms with E-state index in [0.717, 1.165) is 13.0 Å². The second-order valence-electron chi connectivity index (χ2n) is 5.05. The Labute approximate surface area is 104 Å². The molecule has 1 unspecified atom stereocenters. The zero-order chi connectivity index (χ0) is 12.1. The van der Waals surface area contributed by atoms with Gasteiger partial charge in [0, 0.05) is 6.04 Å². The number of hydrogen-bond acceptors (Lipinski definition) is 3. The molecule has 1 N–H and O–H groups in total. The topological polar surface area (TPSA) is 33.6 Å². The maximum atomic E-state index is 4.96. The summed E-state index contributed by atoms with van der Waals surface area (Å²) in [4.78, 5) is 4.96. The van der Waals surface area contributed by atoms with Crippen LogP contribution >= 0.6 is 0 Å². The van der Waals surface area contributed by atoms with Crippen molar-refractivity contribution in [2.75, 3.05) is 13.7 Å². The molecule has 0 aromatic carbocycles. The van der Waals surface area contributed by atoms with Gasteiger partial charge in [-0.05, 0) is 57.1 Å². The van der Waals surface area contributed by atoms with Gasteiger partial charge in [0.05, 0.1) is 5.71 Å². The van der Waals surface area contributed by atoms with E-state index in [9.17, 15) is 0 Å². The Balaban J connectivity index is 2.03. The van der Waals surface area contributed by atoms with E-state index >= 15 is 0 Å². The van der Waals surface area contributed by atoms with Crippen molar-refractivity contribution >= 4 is 5.71 Å². The highest BCUT2D eigenvalue weighted by atomic mass is 16.6. The number of oxime groups is 1. The standard InChI is InChI=1S/C14H24N2O/c1-3-9-15-12-7-8-13-11(10-12)5-4-6-14(13)16-17-2/h12,15H,3-10H2,1-2H3. The van der Waals surface area contributed by atoms with Crippen molar-refractivity contribution in [2.45, 2.75) is 57.9 Å². The molecule has 0 fully saturated rings. The first-order valence-electron chi connectivity index (χ1n) is 6.89. The van der Waals surface area contributed by atoms with E-state index in [2.05, 4.69) is 17.4 Å². The van der Waals surface area contributed by atoms with Crippen LogP contribution in [0.2, 0.25) is 0 Å². The molecule has 17 heavy (non-hydrogen) atoms. The van der Waals surface area contributed by atoms with Gasteiger partial charge >= 0.3 is 0 Å². The van der Waals surface area contributed by atoms with Crippen LogP contribution in [0.1, 0.15) is 51.9 Å². The second kappa shape index (κ2) is 6.20. The Morgan fingerprint density at radius 3 is 3.00 bits per heavy atom. The number of hydrogen-bond donors (Lipinski definition) is 1. The Morgan fingerprint density at radius 2 is 2.24 bits per heavy atom. The van der Waals surface area contributed by atoms with Gasteiger partial charge < -0.3 is 10.2 Å². The van der Waals surface area contributed by atoms with E-state index in [1.807, 2.05) is 0 Å². The molecule has 0 bridgehead atoms. The minimum absolute atomic E-state index is 0.690. The summed E-state index contributed by atoms with van der Waals surface area (Å²) in [6.45, 7) is 3.37. The van der Waals surface area contributed by atoms with Crippen molar-refractivity contribution in [1.82, 2.24) is 5.32 Å². The highest BCUT2D eigenvalue weighted by Gasteiger charge is 2.26. The molecule has 2 rings (SSSR count). The van der Waals surface area contributed by atoms with E-state index in [1.54, 1.807) is 12.7 Å². The fraction of sp³-hybridized carbons (Fsp3) is 0.786. The third-order valence-electron chi connectivity index (χ3n) is 3.79. The molecule has 3 nitrogen and oxygen atoms in total. The predicted molar refractivity (Wildman–Crippen MR) is 71.3 cm³/mol. The Morgan fingerprint density at radius 1 is 1.35 bits per heavy atom. The zero-order valence-electron chi connectivity index (χ0n) is 11.1. The summed E-state index contributed by atoms with van der Waals surface area (Å²) in [5.74, 6) is 0. The number of rotatable bonds is 4. The van der Waals surface area contributed by atoms with E-state index in [1.165, 1.54) is 49.8 Å². The van der Waals surface area contributed by atoms with Gasteiger partial charge in [-0.2, -0.15) is 0 Å². The molecule has 1 atom stereocenters. The first-order valence-corrected chi connectivity index (χ1v) is 6.89. The van der Waals surface area contributed by atoms with Gasteiger partial charge in [-0.3, -0.25) is 0 Å². The number of nitrogens with zero attached hydrogens (tertiary/aromatic N) is 1. The van der Waals surface area contributed by atoms with E-state index in [0.29, 0.717) is 6.04 Å². The van der Waals surface area contributed by atoms with Crippen LogP contribution in [0.15, 0.2) is 16.3 Å². The van der Waals surface area contributed by atoms with Crippen LogP contribution in [0, 0.1) is 0 Å². The summed E-state index contributed by atoms with van der Waals surface area (Å²) in [7, 11) is 1.65. The van der Waals surface area contributed by atoms with Crippen molar-refractivity contribution in [3.05, 3.63) is 11.1 Å². The van der Waals surface area contributed by atoms with Crippen molar-refractivity contribution in [2.24, 2.45) is 5.16 Å². The summed E-state index contributed by atoms with van der Waals surface area (Å²) >= 11 is 0. The van der Waals surface area contributed by atoms with Gasteiger partial charge in [-0.25, -0.2) is 0 Å². The first-order chi connectivity index (χ1) is 8.35. The minimum atomic E-state index is 0.690. The van der Waals surface area contributed by atoms with E-state index < -0.39 is 0 Å². The van der Waals surface area contributed by atoms with E-state index in [4.69, 9.17) is 4.84 Å². The van der Waals surface area contributed by atoms with Crippen LogP contribution in [0.25, 0.3) is 0 Å². The molecular formula is C14H24N2O. The fourth-order valence-electron chi connectivity index (χ4n) is 2.97. The molecule has 3 heteroatoms. The second-order valence-corrected chi connectivity index (χ2v) is 5.05. The minimum Gasteiger partial charge on any atom is -0.399 e. The highest BCUT2D eigenvalue weighted by Crippen LogP contribution is 2.34.